The van der Waals surface area contributed by atoms with Crippen molar-refractivity contribution in [1.29, 1.82) is 0 Å². The number of rotatable bonds is 7. The molecule has 0 aliphatic rings. The molecule has 0 aliphatic carbocycles. The number of benzene rings is 1. The van der Waals surface area contributed by atoms with Crippen LogP contribution in [0.1, 0.15) is 22.8 Å². The minimum atomic E-state index is -0.611. The van der Waals surface area contributed by atoms with Crippen molar-refractivity contribution in [2.75, 3.05) is 32.6 Å². The van der Waals surface area contributed by atoms with Crippen molar-refractivity contribution in [3.63, 3.8) is 0 Å². The van der Waals surface area contributed by atoms with E-state index < -0.39 is 6.04 Å². The maximum atomic E-state index is 12.2. The molecule has 0 saturated carbocycles. The molecule has 0 spiro atoms. The number of ether oxygens (including phenoxy) is 1. The molecule has 1 atom stereocenters. The van der Waals surface area contributed by atoms with Gasteiger partial charge in [-0.05, 0) is 31.5 Å². The molecule has 0 radical (unpaired) electrons. The molecule has 0 bridgehead atoms. The maximum absolute atomic E-state index is 12.2. The van der Waals surface area contributed by atoms with Gasteiger partial charge in [0.2, 0.25) is 5.91 Å². The molecule has 6 nitrogen and oxygen atoms in total. The number of nitrogens with one attached hydrogen (secondary N) is 3. The van der Waals surface area contributed by atoms with Crippen LogP contribution in [0.4, 0.5) is 5.69 Å². The number of amides is 2. The minimum absolute atomic E-state index is 0.237. The summed E-state index contributed by atoms with van der Waals surface area (Å²) in [5.41, 5.74) is 2.31. The number of hydrogen-bond acceptors (Lipinski definition) is 4. The van der Waals surface area contributed by atoms with Crippen LogP contribution in [0, 0.1) is 6.92 Å². The van der Waals surface area contributed by atoms with Gasteiger partial charge in [-0.2, -0.15) is 0 Å². The van der Waals surface area contributed by atoms with E-state index in [9.17, 15) is 9.59 Å². The molecule has 1 aromatic rings. The Bertz CT molecular complexity index is 503. The van der Waals surface area contributed by atoms with E-state index in [1.165, 1.54) is 0 Å². The third kappa shape index (κ3) is 5.07. The Morgan fingerprint density at radius 3 is 2.67 bits per heavy atom. The smallest absolute Gasteiger partial charge is 0.254 e. The second-order valence-corrected chi connectivity index (χ2v) is 4.78. The third-order valence-corrected chi connectivity index (χ3v) is 3.04. The largest absolute Gasteiger partial charge is 0.387 e. The summed E-state index contributed by atoms with van der Waals surface area (Å²) in [7, 11) is 3.32. The first-order valence-electron chi connectivity index (χ1n) is 6.85. The Balaban J connectivity index is 2.66. The third-order valence-electron chi connectivity index (χ3n) is 3.04. The Hall–Kier alpha value is -2.08. The van der Waals surface area contributed by atoms with Gasteiger partial charge in [0.05, 0.1) is 12.2 Å². The fourth-order valence-electron chi connectivity index (χ4n) is 1.83. The molecule has 1 unspecified atom stereocenters. The molecule has 1 aromatic carbocycles. The topological polar surface area (TPSA) is 79.5 Å². The van der Waals surface area contributed by atoms with Crippen LogP contribution < -0.4 is 16.0 Å². The monoisotopic (exact) mass is 293 g/mol. The Kier molecular flexibility index (Phi) is 6.68. The number of carbonyl (C=O) groups is 2. The lowest BCUT2D eigenvalue weighted by atomic mass is 10.1. The summed E-state index contributed by atoms with van der Waals surface area (Å²) in [5.74, 6) is -0.521. The van der Waals surface area contributed by atoms with Gasteiger partial charge < -0.3 is 20.7 Å². The van der Waals surface area contributed by atoms with Crippen molar-refractivity contribution in [3.05, 3.63) is 29.3 Å². The summed E-state index contributed by atoms with van der Waals surface area (Å²) in [6, 6.07) is 4.88. The lowest BCUT2D eigenvalue weighted by Gasteiger charge is -2.16. The van der Waals surface area contributed by atoms with Crippen LogP contribution in [-0.2, 0) is 9.53 Å². The van der Waals surface area contributed by atoms with E-state index in [4.69, 9.17) is 4.74 Å². The van der Waals surface area contributed by atoms with E-state index in [0.717, 1.165) is 11.3 Å². The first-order chi connectivity index (χ1) is 9.99. The fraction of sp³-hybridized carbons (Fsp3) is 0.467. The van der Waals surface area contributed by atoms with E-state index in [2.05, 4.69) is 16.0 Å². The highest BCUT2D eigenvalue weighted by Crippen LogP contribution is 2.16. The molecule has 0 saturated heterocycles. The van der Waals surface area contributed by atoms with Gasteiger partial charge in [0.1, 0.15) is 6.04 Å². The van der Waals surface area contributed by atoms with Gasteiger partial charge in [0.15, 0.2) is 0 Å². The van der Waals surface area contributed by atoms with Crippen molar-refractivity contribution in [2.45, 2.75) is 19.9 Å². The molecule has 0 aliphatic heterocycles. The molecule has 21 heavy (non-hydrogen) atoms. The summed E-state index contributed by atoms with van der Waals surface area (Å²) < 4.78 is 4.85. The molecular formula is C15H23N3O3. The number of aryl methyl sites for hydroxylation is 1. The zero-order valence-corrected chi connectivity index (χ0v) is 12.9. The quantitative estimate of drug-likeness (QED) is 0.653. The van der Waals surface area contributed by atoms with Crippen molar-refractivity contribution in [3.8, 4) is 0 Å². The van der Waals surface area contributed by atoms with E-state index in [-0.39, 0.29) is 11.8 Å². The number of methoxy groups -OCH3 is 1. The average molecular weight is 293 g/mol. The SMILES string of the molecule is CNc1cc(C)ccc1C(=O)NC(C)C(=O)NCCOC. The predicted molar refractivity (Wildman–Crippen MR) is 82.5 cm³/mol. The molecule has 0 heterocycles. The Morgan fingerprint density at radius 1 is 1.33 bits per heavy atom. The van der Waals surface area contributed by atoms with Gasteiger partial charge in [0.25, 0.3) is 5.91 Å². The normalized spacial score (nSPS) is 11.6. The van der Waals surface area contributed by atoms with E-state index in [0.29, 0.717) is 18.7 Å². The summed E-state index contributed by atoms with van der Waals surface area (Å²) in [6.07, 6.45) is 0. The molecule has 0 aromatic heterocycles. The average Bonchev–Trinajstić information content (AvgIpc) is 2.46. The second kappa shape index (κ2) is 8.26. The summed E-state index contributed by atoms with van der Waals surface area (Å²) >= 11 is 0. The molecule has 6 heteroatoms. The van der Waals surface area contributed by atoms with Crippen molar-refractivity contribution < 1.29 is 14.3 Å². The summed E-state index contributed by atoms with van der Waals surface area (Å²) in [6.45, 7) is 4.46. The Labute approximate surface area is 125 Å². The standard InChI is InChI=1S/C15H23N3O3/c1-10-5-6-12(13(9-10)16-3)15(20)18-11(2)14(19)17-7-8-21-4/h5-6,9,11,16H,7-8H2,1-4H3,(H,17,19)(H,18,20). The van der Waals surface area contributed by atoms with Crippen molar-refractivity contribution in [1.82, 2.24) is 10.6 Å². The van der Waals surface area contributed by atoms with Gasteiger partial charge in [-0.1, -0.05) is 6.07 Å². The molecular weight excluding hydrogens is 270 g/mol. The Morgan fingerprint density at radius 2 is 2.05 bits per heavy atom. The predicted octanol–water partition coefficient (Wildman–Crippen LogP) is 0.918. The van der Waals surface area contributed by atoms with Crippen LogP contribution in [-0.4, -0.2) is 45.2 Å². The van der Waals surface area contributed by atoms with Crippen LogP contribution in [0.15, 0.2) is 18.2 Å². The first kappa shape index (κ1) is 17.0. The van der Waals surface area contributed by atoms with Crippen molar-refractivity contribution >= 4 is 17.5 Å². The number of anilines is 1. The highest BCUT2D eigenvalue weighted by Gasteiger charge is 2.18. The molecule has 116 valence electrons. The van der Waals surface area contributed by atoms with Crippen LogP contribution in [0.5, 0.6) is 0 Å². The lowest BCUT2D eigenvalue weighted by molar-refractivity contribution is -0.122. The lowest BCUT2D eigenvalue weighted by Crippen LogP contribution is -2.45. The van der Waals surface area contributed by atoms with Gasteiger partial charge in [-0.3, -0.25) is 9.59 Å². The van der Waals surface area contributed by atoms with Crippen LogP contribution >= 0.6 is 0 Å². The maximum Gasteiger partial charge on any atom is 0.254 e. The number of carbonyl (C=O) groups excluding carboxylic acids is 2. The highest BCUT2D eigenvalue weighted by atomic mass is 16.5. The fourth-order valence-corrected chi connectivity index (χ4v) is 1.83. The van der Waals surface area contributed by atoms with Crippen LogP contribution in [0.2, 0.25) is 0 Å². The molecule has 2 amide bonds. The minimum Gasteiger partial charge on any atom is -0.387 e. The summed E-state index contributed by atoms with van der Waals surface area (Å²) in [5, 5.41) is 8.35. The van der Waals surface area contributed by atoms with Crippen molar-refractivity contribution in [2.24, 2.45) is 0 Å². The van der Waals surface area contributed by atoms with Gasteiger partial charge in [-0.25, -0.2) is 0 Å². The molecule has 0 fully saturated rings. The van der Waals surface area contributed by atoms with Crippen LogP contribution in [0.25, 0.3) is 0 Å². The zero-order chi connectivity index (χ0) is 15.8. The molecule has 1 rings (SSSR count). The molecule has 3 N–H and O–H groups in total. The van der Waals surface area contributed by atoms with E-state index >= 15 is 0 Å². The second-order valence-electron chi connectivity index (χ2n) is 4.78. The number of hydrogen-bond donors (Lipinski definition) is 3. The van der Waals surface area contributed by atoms with E-state index in [1.807, 2.05) is 19.1 Å². The summed E-state index contributed by atoms with van der Waals surface area (Å²) in [4.78, 5) is 24.0. The van der Waals surface area contributed by atoms with E-state index in [1.54, 1.807) is 27.1 Å². The van der Waals surface area contributed by atoms with Crippen LogP contribution in [0.3, 0.4) is 0 Å². The van der Waals surface area contributed by atoms with Gasteiger partial charge >= 0.3 is 0 Å². The van der Waals surface area contributed by atoms with Gasteiger partial charge in [0, 0.05) is 26.4 Å². The van der Waals surface area contributed by atoms with Gasteiger partial charge in [-0.15, -0.1) is 0 Å². The highest BCUT2D eigenvalue weighted by molar-refractivity contribution is 6.01. The first-order valence-corrected chi connectivity index (χ1v) is 6.85. The zero-order valence-electron chi connectivity index (χ0n) is 12.9.